The lowest BCUT2D eigenvalue weighted by Gasteiger charge is -2.17. The number of carbonyl (C=O) groups is 1. The van der Waals surface area contributed by atoms with E-state index in [0.29, 0.717) is 29.2 Å². The summed E-state index contributed by atoms with van der Waals surface area (Å²) in [5.74, 6) is -0.0564. The van der Waals surface area contributed by atoms with Crippen LogP contribution in [0, 0.1) is 0 Å². The Bertz CT molecular complexity index is 1240. The Balaban J connectivity index is 1.61. The van der Waals surface area contributed by atoms with Crippen LogP contribution in [-0.2, 0) is 15.6 Å². The third-order valence-corrected chi connectivity index (χ3v) is 6.95. The molecule has 0 saturated carbocycles. The fraction of sp³-hybridized carbons (Fsp3) is 0.250. The number of hydrogen-bond donors (Lipinski definition) is 2. The standard InChI is InChI=1S/C24H26N4O2S/c1-3-28(4-2)16-15-22(29)25-20-13-8-12-19-23(20)26-27-24(19)31(30)21-14-7-10-17-9-5-6-11-18(17)21/h5-14H,3-4,15-16H2,1-2H3,(H,25,29)(H,26,27). The molecule has 6 nitrogen and oxygen atoms in total. The van der Waals surface area contributed by atoms with Gasteiger partial charge in [-0.25, -0.2) is 4.21 Å². The van der Waals surface area contributed by atoms with E-state index in [0.717, 1.165) is 34.1 Å². The van der Waals surface area contributed by atoms with Gasteiger partial charge in [0.2, 0.25) is 5.91 Å². The van der Waals surface area contributed by atoms with Crippen molar-refractivity contribution in [2.45, 2.75) is 30.2 Å². The molecule has 0 aliphatic rings. The summed E-state index contributed by atoms with van der Waals surface area (Å²) < 4.78 is 13.5. The summed E-state index contributed by atoms with van der Waals surface area (Å²) in [6.45, 7) is 6.72. The zero-order chi connectivity index (χ0) is 21.8. The van der Waals surface area contributed by atoms with Crippen LogP contribution in [0.2, 0.25) is 0 Å². The Morgan fingerprint density at radius 2 is 1.71 bits per heavy atom. The van der Waals surface area contributed by atoms with Gasteiger partial charge in [0.15, 0.2) is 0 Å². The first kappa shape index (κ1) is 21.2. The molecule has 1 amide bonds. The van der Waals surface area contributed by atoms with E-state index in [4.69, 9.17) is 0 Å². The fourth-order valence-electron chi connectivity index (χ4n) is 3.74. The zero-order valence-electron chi connectivity index (χ0n) is 17.7. The number of para-hydroxylation sites is 1. The average Bonchev–Trinajstić information content (AvgIpc) is 3.24. The minimum absolute atomic E-state index is 0.0564. The quantitative estimate of drug-likeness (QED) is 0.426. The van der Waals surface area contributed by atoms with Crippen molar-refractivity contribution in [2.75, 3.05) is 25.0 Å². The fourth-order valence-corrected chi connectivity index (χ4v) is 5.04. The Kier molecular flexibility index (Phi) is 6.44. The number of anilines is 1. The van der Waals surface area contributed by atoms with Gasteiger partial charge >= 0.3 is 0 Å². The number of nitrogens with one attached hydrogen (secondary N) is 2. The number of rotatable bonds is 8. The van der Waals surface area contributed by atoms with E-state index >= 15 is 0 Å². The summed E-state index contributed by atoms with van der Waals surface area (Å²) in [4.78, 5) is 15.4. The summed E-state index contributed by atoms with van der Waals surface area (Å²) in [6.07, 6.45) is 0.414. The third-order valence-electron chi connectivity index (χ3n) is 5.51. The summed E-state index contributed by atoms with van der Waals surface area (Å²) in [5.41, 5.74) is 1.24. The molecule has 7 heteroatoms. The highest BCUT2D eigenvalue weighted by atomic mass is 32.2. The van der Waals surface area contributed by atoms with Crippen LogP contribution in [0.15, 0.2) is 70.6 Å². The molecule has 31 heavy (non-hydrogen) atoms. The van der Waals surface area contributed by atoms with Crippen LogP contribution in [-0.4, -0.2) is 44.8 Å². The van der Waals surface area contributed by atoms with Crippen LogP contribution >= 0.6 is 0 Å². The minimum Gasteiger partial charge on any atom is -0.324 e. The monoisotopic (exact) mass is 434 g/mol. The lowest BCUT2D eigenvalue weighted by molar-refractivity contribution is -0.116. The van der Waals surface area contributed by atoms with Crippen molar-refractivity contribution in [1.82, 2.24) is 15.1 Å². The Labute approximate surface area is 184 Å². The van der Waals surface area contributed by atoms with Crippen molar-refractivity contribution in [3.8, 4) is 0 Å². The first-order chi connectivity index (χ1) is 15.1. The number of hydrogen-bond acceptors (Lipinski definition) is 4. The third kappa shape index (κ3) is 4.38. The molecular formula is C24H26N4O2S. The highest BCUT2D eigenvalue weighted by molar-refractivity contribution is 7.85. The van der Waals surface area contributed by atoms with Gasteiger partial charge in [-0.1, -0.05) is 56.3 Å². The van der Waals surface area contributed by atoms with Crippen molar-refractivity contribution in [1.29, 1.82) is 0 Å². The van der Waals surface area contributed by atoms with Gasteiger partial charge in [-0.3, -0.25) is 9.89 Å². The molecule has 0 saturated heterocycles. The van der Waals surface area contributed by atoms with Crippen molar-refractivity contribution in [2.24, 2.45) is 0 Å². The summed E-state index contributed by atoms with van der Waals surface area (Å²) >= 11 is 0. The molecule has 4 aromatic rings. The van der Waals surface area contributed by atoms with Gasteiger partial charge in [-0.05, 0) is 42.1 Å². The van der Waals surface area contributed by atoms with E-state index in [1.807, 2.05) is 60.7 Å². The van der Waals surface area contributed by atoms with Crippen LogP contribution in [0.5, 0.6) is 0 Å². The number of H-pyrrole nitrogens is 1. The summed E-state index contributed by atoms with van der Waals surface area (Å²) in [6, 6.07) is 19.2. The SMILES string of the molecule is CCN(CC)CCC(=O)Nc1cccc2c(S(=O)c3cccc4ccccc34)[nH]nc12. The molecule has 3 aromatic carbocycles. The number of aromatic amines is 1. The lowest BCUT2D eigenvalue weighted by Crippen LogP contribution is -2.27. The molecule has 1 heterocycles. The molecule has 0 aliphatic carbocycles. The van der Waals surface area contributed by atoms with Gasteiger partial charge < -0.3 is 10.2 Å². The second-order valence-corrected chi connectivity index (χ2v) is 8.71. The second-order valence-electron chi connectivity index (χ2n) is 7.33. The predicted molar refractivity (Wildman–Crippen MR) is 126 cm³/mol. The van der Waals surface area contributed by atoms with Crippen LogP contribution in [0.4, 0.5) is 5.69 Å². The molecule has 1 atom stereocenters. The molecule has 0 fully saturated rings. The number of amides is 1. The predicted octanol–water partition coefficient (Wildman–Crippen LogP) is 4.55. The number of nitrogens with zero attached hydrogens (tertiary/aromatic N) is 2. The molecule has 0 bridgehead atoms. The van der Waals surface area contributed by atoms with Crippen LogP contribution in [0.1, 0.15) is 20.3 Å². The lowest BCUT2D eigenvalue weighted by atomic mass is 10.1. The smallest absolute Gasteiger partial charge is 0.225 e. The summed E-state index contributed by atoms with van der Waals surface area (Å²) in [5, 5.41) is 13.6. The Hall–Kier alpha value is -3.03. The number of aromatic nitrogens is 2. The highest BCUT2D eigenvalue weighted by Gasteiger charge is 2.18. The van der Waals surface area contributed by atoms with Crippen LogP contribution in [0.3, 0.4) is 0 Å². The van der Waals surface area contributed by atoms with E-state index < -0.39 is 10.8 Å². The van der Waals surface area contributed by atoms with Gasteiger partial charge in [0.1, 0.15) is 21.3 Å². The van der Waals surface area contributed by atoms with Gasteiger partial charge in [0.25, 0.3) is 0 Å². The molecule has 2 N–H and O–H groups in total. The molecule has 4 rings (SSSR count). The largest absolute Gasteiger partial charge is 0.324 e. The van der Waals surface area contributed by atoms with Gasteiger partial charge in [0, 0.05) is 18.4 Å². The minimum atomic E-state index is -1.44. The molecular weight excluding hydrogens is 408 g/mol. The van der Waals surface area contributed by atoms with Crippen molar-refractivity contribution in [3.05, 3.63) is 60.7 Å². The van der Waals surface area contributed by atoms with Crippen LogP contribution < -0.4 is 5.32 Å². The number of carbonyl (C=O) groups excluding carboxylic acids is 1. The molecule has 0 aliphatic heterocycles. The van der Waals surface area contributed by atoms with Gasteiger partial charge in [-0.2, -0.15) is 5.10 Å². The average molecular weight is 435 g/mol. The first-order valence-corrected chi connectivity index (χ1v) is 11.7. The maximum atomic E-state index is 13.5. The number of benzene rings is 3. The van der Waals surface area contributed by atoms with Gasteiger partial charge in [-0.15, -0.1) is 0 Å². The maximum Gasteiger partial charge on any atom is 0.225 e. The molecule has 0 radical (unpaired) electrons. The molecule has 160 valence electrons. The Morgan fingerprint density at radius 3 is 2.52 bits per heavy atom. The van der Waals surface area contributed by atoms with Gasteiger partial charge in [0.05, 0.1) is 10.6 Å². The van der Waals surface area contributed by atoms with Crippen molar-refractivity contribution < 1.29 is 9.00 Å². The zero-order valence-corrected chi connectivity index (χ0v) is 18.5. The van der Waals surface area contributed by atoms with Crippen LogP contribution in [0.25, 0.3) is 21.7 Å². The second kappa shape index (κ2) is 9.41. The normalized spacial score (nSPS) is 12.5. The maximum absolute atomic E-state index is 13.5. The molecule has 1 aromatic heterocycles. The van der Waals surface area contributed by atoms with E-state index in [2.05, 4.69) is 34.3 Å². The van der Waals surface area contributed by atoms with Crippen molar-refractivity contribution in [3.63, 3.8) is 0 Å². The Morgan fingerprint density at radius 1 is 1.00 bits per heavy atom. The topological polar surface area (TPSA) is 78.1 Å². The van der Waals surface area contributed by atoms with Crippen molar-refractivity contribution >= 4 is 44.1 Å². The van der Waals surface area contributed by atoms with E-state index in [1.54, 1.807) is 0 Å². The molecule has 0 spiro atoms. The van der Waals surface area contributed by atoms with E-state index in [1.165, 1.54) is 0 Å². The highest BCUT2D eigenvalue weighted by Crippen LogP contribution is 2.30. The first-order valence-electron chi connectivity index (χ1n) is 10.5. The summed E-state index contributed by atoms with van der Waals surface area (Å²) in [7, 11) is -1.44. The number of fused-ring (bicyclic) bond motifs is 2. The van der Waals surface area contributed by atoms with E-state index in [9.17, 15) is 9.00 Å². The van der Waals surface area contributed by atoms with E-state index in [-0.39, 0.29) is 5.91 Å². The molecule has 1 unspecified atom stereocenters.